The van der Waals surface area contributed by atoms with Crippen molar-refractivity contribution in [3.8, 4) is 0 Å². The first kappa shape index (κ1) is 25.2. The minimum Gasteiger partial charge on any atom is -0.353 e. The van der Waals surface area contributed by atoms with Gasteiger partial charge in [-0.05, 0) is 45.7 Å². The van der Waals surface area contributed by atoms with E-state index in [4.69, 9.17) is 21.6 Å². The Balaban J connectivity index is 1.89. The van der Waals surface area contributed by atoms with E-state index in [1.807, 2.05) is 32.6 Å². The number of hydrogen-bond donors (Lipinski definition) is 1. The number of aromatic nitrogens is 2. The number of carbonyl (C=O) groups excluding carboxylic acids is 1. The summed E-state index contributed by atoms with van der Waals surface area (Å²) in [5, 5.41) is 3.42. The maximum atomic E-state index is 14.6. The molecule has 0 unspecified atom stereocenters. The van der Waals surface area contributed by atoms with Crippen LogP contribution >= 0.6 is 11.6 Å². The number of nitrogens with one attached hydrogen (secondary N) is 1. The van der Waals surface area contributed by atoms with Gasteiger partial charge in [0, 0.05) is 66.4 Å². The molecule has 1 fully saturated rings. The van der Waals surface area contributed by atoms with Gasteiger partial charge in [-0.1, -0.05) is 31.5 Å². The molecule has 0 bridgehead atoms. The first-order chi connectivity index (χ1) is 15.4. The number of halogens is 2. The van der Waals surface area contributed by atoms with Crippen molar-refractivity contribution in [1.29, 1.82) is 0 Å². The average molecular weight is 476 g/mol. The van der Waals surface area contributed by atoms with Gasteiger partial charge < -0.3 is 15.1 Å². The lowest BCUT2D eigenvalue weighted by molar-refractivity contribution is 0.185. The Morgan fingerprint density at radius 2 is 1.82 bits per heavy atom. The molecule has 0 aliphatic carbocycles. The predicted molar refractivity (Wildman–Crippen MR) is 132 cm³/mol. The molecule has 33 heavy (non-hydrogen) atoms. The number of urea groups is 1. The highest BCUT2D eigenvalue weighted by Crippen LogP contribution is 2.29. The Bertz CT molecular complexity index is 977. The van der Waals surface area contributed by atoms with Crippen molar-refractivity contribution in [2.45, 2.75) is 59.9 Å². The van der Waals surface area contributed by atoms with Crippen LogP contribution in [0.1, 0.15) is 57.3 Å². The van der Waals surface area contributed by atoms with E-state index in [1.165, 1.54) is 6.07 Å². The number of nitrogens with zero attached hydrogens (tertiary/aromatic N) is 4. The molecule has 1 aliphatic rings. The standard InChI is InChI=1S/C25H35ClFN5O/c1-16(2)14-22-28-17(3)18(15-19-20(26)8-7-9-21(19)27)23(29-22)31-10-12-32(13-11-31)24(33)30-25(4,5)6/h7-9,16H,10-15H2,1-6H3,(H,30,33). The van der Waals surface area contributed by atoms with Gasteiger partial charge >= 0.3 is 6.03 Å². The van der Waals surface area contributed by atoms with Crippen LogP contribution in [0.2, 0.25) is 5.02 Å². The van der Waals surface area contributed by atoms with Crippen molar-refractivity contribution in [3.63, 3.8) is 0 Å². The minimum atomic E-state index is -0.331. The lowest BCUT2D eigenvalue weighted by atomic mass is 10.0. The monoisotopic (exact) mass is 475 g/mol. The molecule has 2 heterocycles. The third-order valence-corrected chi connectivity index (χ3v) is 5.95. The van der Waals surface area contributed by atoms with Gasteiger partial charge in [0.1, 0.15) is 17.5 Å². The Labute approximate surface area is 201 Å². The molecule has 1 aromatic carbocycles. The summed E-state index contributed by atoms with van der Waals surface area (Å²) >= 11 is 6.33. The summed E-state index contributed by atoms with van der Waals surface area (Å²) in [5.74, 6) is 1.69. The zero-order chi connectivity index (χ0) is 24.3. The summed E-state index contributed by atoms with van der Waals surface area (Å²) in [7, 11) is 0. The molecule has 0 atom stereocenters. The number of rotatable bonds is 5. The fraction of sp³-hybridized carbons (Fsp3) is 0.560. The lowest BCUT2D eigenvalue weighted by Gasteiger charge is -2.37. The number of amides is 2. The van der Waals surface area contributed by atoms with E-state index in [-0.39, 0.29) is 17.4 Å². The molecule has 3 rings (SSSR count). The lowest BCUT2D eigenvalue weighted by Crippen LogP contribution is -2.55. The number of piperazine rings is 1. The van der Waals surface area contributed by atoms with Gasteiger partial charge in [0.15, 0.2) is 0 Å². The van der Waals surface area contributed by atoms with Crippen LogP contribution in [0.4, 0.5) is 15.0 Å². The summed E-state index contributed by atoms with van der Waals surface area (Å²) < 4.78 is 14.6. The van der Waals surface area contributed by atoms with E-state index < -0.39 is 0 Å². The van der Waals surface area contributed by atoms with Crippen molar-refractivity contribution in [3.05, 3.63) is 51.7 Å². The Morgan fingerprint density at radius 1 is 1.15 bits per heavy atom. The van der Waals surface area contributed by atoms with Gasteiger partial charge in [0.2, 0.25) is 0 Å². The summed E-state index contributed by atoms with van der Waals surface area (Å²) in [6.45, 7) is 14.6. The van der Waals surface area contributed by atoms with Crippen LogP contribution in [0.5, 0.6) is 0 Å². The molecule has 1 aliphatic heterocycles. The second-order valence-electron chi connectivity index (χ2n) is 10.2. The zero-order valence-corrected chi connectivity index (χ0v) is 21.3. The van der Waals surface area contributed by atoms with Crippen molar-refractivity contribution in [2.24, 2.45) is 5.92 Å². The smallest absolute Gasteiger partial charge is 0.317 e. The molecule has 8 heteroatoms. The maximum Gasteiger partial charge on any atom is 0.317 e. The first-order valence-electron chi connectivity index (χ1n) is 11.6. The molecule has 0 radical (unpaired) electrons. The topological polar surface area (TPSA) is 61.4 Å². The summed E-state index contributed by atoms with van der Waals surface area (Å²) in [6.07, 6.45) is 1.09. The Morgan fingerprint density at radius 3 is 2.39 bits per heavy atom. The molecule has 0 spiro atoms. The van der Waals surface area contributed by atoms with Crippen LogP contribution in [0.15, 0.2) is 18.2 Å². The van der Waals surface area contributed by atoms with E-state index in [9.17, 15) is 9.18 Å². The Kier molecular flexibility index (Phi) is 7.83. The first-order valence-corrected chi connectivity index (χ1v) is 11.9. The summed E-state index contributed by atoms with van der Waals surface area (Å²) in [6, 6.07) is 4.69. The van der Waals surface area contributed by atoms with Crippen LogP contribution in [0, 0.1) is 18.7 Å². The van der Waals surface area contributed by atoms with Gasteiger partial charge in [-0.15, -0.1) is 0 Å². The predicted octanol–water partition coefficient (Wildman–Crippen LogP) is 5.00. The van der Waals surface area contributed by atoms with Gasteiger partial charge in [-0.25, -0.2) is 19.2 Å². The average Bonchev–Trinajstić information content (AvgIpc) is 2.70. The van der Waals surface area contributed by atoms with Gasteiger partial charge in [0.25, 0.3) is 0 Å². The number of aryl methyl sites for hydroxylation is 1. The number of carbonyl (C=O) groups is 1. The fourth-order valence-corrected chi connectivity index (χ4v) is 4.19. The third kappa shape index (κ3) is 6.56. The second kappa shape index (κ2) is 10.2. The number of hydrogen-bond acceptors (Lipinski definition) is 4. The normalized spacial score (nSPS) is 14.7. The van der Waals surface area contributed by atoms with Crippen LogP contribution in [-0.4, -0.2) is 52.6 Å². The molecule has 6 nitrogen and oxygen atoms in total. The molecular formula is C25H35ClFN5O. The number of anilines is 1. The molecule has 1 saturated heterocycles. The van der Waals surface area contributed by atoms with Crippen molar-refractivity contribution < 1.29 is 9.18 Å². The largest absolute Gasteiger partial charge is 0.353 e. The maximum absolute atomic E-state index is 14.6. The zero-order valence-electron chi connectivity index (χ0n) is 20.5. The van der Waals surface area contributed by atoms with E-state index >= 15 is 0 Å². The Hall–Kier alpha value is -2.41. The van der Waals surface area contributed by atoms with Crippen molar-refractivity contribution in [1.82, 2.24) is 20.2 Å². The molecule has 1 N–H and O–H groups in total. The highest BCUT2D eigenvalue weighted by Gasteiger charge is 2.27. The minimum absolute atomic E-state index is 0.0557. The highest BCUT2D eigenvalue weighted by atomic mass is 35.5. The molecule has 2 aromatic rings. The van der Waals surface area contributed by atoms with Gasteiger partial charge in [0.05, 0.1) is 0 Å². The van der Waals surface area contributed by atoms with Crippen molar-refractivity contribution >= 4 is 23.4 Å². The molecule has 1 aromatic heterocycles. The van der Waals surface area contributed by atoms with Crippen LogP contribution in [-0.2, 0) is 12.8 Å². The van der Waals surface area contributed by atoms with Crippen LogP contribution < -0.4 is 10.2 Å². The van der Waals surface area contributed by atoms with Gasteiger partial charge in [-0.2, -0.15) is 0 Å². The van der Waals surface area contributed by atoms with Crippen molar-refractivity contribution in [2.75, 3.05) is 31.1 Å². The highest BCUT2D eigenvalue weighted by molar-refractivity contribution is 6.31. The molecule has 180 valence electrons. The molecule has 2 amide bonds. The van der Waals surface area contributed by atoms with Crippen LogP contribution in [0.3, 0.4) is 0 Å². The van der Waals surface area contributed by atoms with E-state index in [1.54, 1.807) is 12.1 Å². The summed E-state index contributed by atoms with van der Waals surface area (Å²) in [4.78, 5) is 26.2. The molecular weight excluding hydrogens is 441 g/mol. The summed E-state index contributed by atoms with van der Waals surface area (Å²) in [5.41, 5.74) is 1.88. The van der Waals surface area contributed by atoms with Gasteiger partial charge in [-0.3, -0.25) is 0 Å². The van der Waals surface area contributed by atoms with Crippen LogP contribution in [0.25, 0.3) is 0 Å². The second-order valence-corrected chi connectivity index (χ2v) is 10.6. The fourth-order valence-electron chi connectivity index (χ4n) is 3.96. The molecule has 0 saturated carbocycles. The van der Waals surface area contributed by atoms with E-state index in [0.29, 0.717) is 49.1 Å². The third-order valence-electron chi connectivity index (χ3n) is 5.59. The van der Waals surface area contributed by atoms with E-state index in [2.05, 4.69) is 24.1 Å². The quantitative estimate of drug-likeness (QED) is 0.661. The SMILES string of the molecule is Cc1nc(CC(C)C)nc(N2CCN(C(=O)NC(C)(C)C)CC2)c1Cc1c(F)cccc1Cl. The number of benzene rings is 1. The van der Waals surface area contributed by atoms with E-state index in [0.717, 1.165) is 29.3 Å².